The Labute approximate surface area is 138 Å². The van der Waals surface area contributed by atoms with Crippen LogP contribution in [0, 0.1) is 11.6 Å². The van der Waals surface area contributed by atoms with Gasteiger partial charge >= 0.3 is 0 Å². The third-order valence-electron chi connectivity index (χ3n) is 4.95. The zero-order valence-electron chi connectivity index (χ0n) is 13.2. The number of hydrogen-bond acceptors (Lipinski definition) is 2. The summed E-state index contributed by atoms with van der Waals surface area (Å²) in [5, 5.41) is 5.84. The molecule has 2 aliphatic rings. The molecule has 0 saturated heterocycles. The van der Waals surface area contributed by atoms with Crippen LogP contribution in [-0.4, -0.2) is 16.6 Å². The van der Waals surface area contributed by atoms with E-state index in [-0.39, 0.29) is 11.5 Å². The predicted octanol–water partition coefficient (Wildman–Crippen LogP) is 3.76. The fourth-order valence-corrected chi connectivity index (χ4v) is 3.92. The Morgan fingerprint density at radius 1 is 1.21 bits per heavy atom. The highest BCUT2D eigenvalue weighted by Crippen LogP contribution is 2.48. The van der Waals surface area contributed by atoms with E-state index in [4.69, 9.17) is 0 Å². The van der Waals surface area contributed by atoms with Crippen molar-refractivity contribution in [2.24, 2.45) is 5.10 Å². The lowest BCUT2D eigenvalue weighted by Gasteiger charge is -2.32. The van der Waals surface area contributed by atoms with Gasteiger partial charge in [-0.15, -0.1) is 0 Å². The molecular weight excluding hydrogens is 310 g/mol. The van der Waals surface area contributed by atoms with Gasteiger partial charge in [0.25, 0.3) is 0 Å². The molecule has 1 amide bonds. The van der Waals surface area contributed by atoms with Gasteiger partial charge in [0.05, 0.1) is 11.3 Å². The molecule has 3 nitrogen and oxygen atoms in total. The van der Waals surface area contributed by atoms with Crippen LogP contribution in [-0.2, 0) is 16.8 Å². The average molecular weight is 326 g/mol. The first kappa shape index (κ1) is 15.0. The molecule has 4 rings (SSSR count). The zero-order chi connectivity index (χ0) is 16.9. The van der Waals surface area contributed by atoms with E-state index in [2.05, 4.69) is 5.10 Å². The summed E-state index contributed by atoms with van der Waals surface area (Å²) in [6.45, 7) is 1.46. The minimum Gasteiger partial charge on any atom is -0.273 e. The van der Waals surface area contributed by atoms with Gasteiger partial charge in [-0.25, -0.2) is 13.8 Å². The molecular formula is C19H16F2N2O. The van der Waals surface area contributed by atoms with Crippen LogP contribution in [0.1, 0.15) is 36.5 Å². The van der Waals surface area contributed by atoms with Crippen molar-refractivity contribution in [3.63, 3.8) is 0 Å². The van der Waals surface area contributed by atoms with E-state index < -0.39 is 17.2 Å². The maximum atomic E-state index is 14.2. The molecule has 0 aromatic heterocycles. The van der Waals surface area contributed by atoms with E-state index in [0.717, 1.165) is 36.6 Å². The number of hydrazone groups is 1. The largest absolute Gasteiger partial charge is 0.273 e. The van der Waals surface area contributed by atoms with E-state index in [1.807, 2.05) is 24.3 Å². The lowest BCUT2D eigenvalue weighted by molar-refractivity contribution is -0.134. The summed E-state index contributed by atoms with van der Waals surface area (Å²) in [5.74, 6) is -1.24. The van der Waals surface area contributed by atoms with Gasteiger partial charge in [-0.2, -0.15) is 5.10 Å². The lowest BCUT2D eigenvalue weighted by Crippen LogP contribution is -2.40. The van der Waals surface area contributed by atoms with E-state index in [0.29, 0.717) is 12.1 Å². The van der Waals surface area contributed by atoms with Gasteiger partial charge in [-0.05, 0) is 42.2 Å². The highest BCUT2D eigenvalue weighted by Gasteiger charge is 2.50. The van der Waals surface area contributed by atoms with Crippen molar-refractivity contribution >= 4 is 11.6 Å². The fourth-order valence-electron chi connectivity index (χ4n) is 3.92. The Bertz CT molecular complexity index is 877. The molecule has 1 unspecified atom stereocenters. The van der Waals surface area contributed by atoms with Crippen molar-refractivity contribution in [2.45, 2.75) is 31.7 Å². The van der Waals surface area contributed by atoms with E-state index >= 15 is 0 Å². The zero-order valence-corrected chi connectivity index (χ0v) is 13.2. The number of nitrogens with zero attached hydrogens (tertiary/aromatic N) is 2. The number of carbonyl (C=O) groups excluding carboxylic acids is 1. The van der Waals surface area contributed by atoms with Gasteiger partial charge < -0.3 is 0 Å². The van der Waals surface area contributed by atoms with Crippen LogP contribution in [0.4, 0.5) is 8.78 Å². The maximum Gasteiger partial charge on any atom is 0.240 e. The number of fused-ring (bicyclic) bond motifs is 2. The predicted molar refractivity (Wildman–Crippen MR) is 86.5 cm³/mol. The lowest BCUT2D eigenvalue weighted by atomic mass is 9.85. The summed E-state index contributed by atoms with van der Waals surface area (Å²) in [5.41, 5.74) is 2.19. The summed E-state index contributed by atoms with van der Waals surface area (Å²) in [4.78, 5) is 12.2. The Hall–Kier alpha value is -2.56. The number of carbonyl (C=O) groups is 1. The van der Waals surface area contributed by atoms with Gasteiger partial charge in [0.1, 0.15) is 11.6 Å². The van der Waals surface area contributed by atoms with Gasteiger partial charge in [0, 0.05) is 18.9 Å². The van der Waals surface area contributed by atoms with Gasteiger partial charge in [-0.1, -0.05) is 24.3 Å². The normalized spacial score (nSPS) is 22.0. The Kier molecular flexibility index (Phi) is 3.27. The van der Waals surface area contributed by atoms with Crippen LogP contribution in [0.25, 0.3) is 0 Å². The second-order valence-electron chi connectivity index (χ2n) is 6.37. The highest BCUT2D eigenvalue weighted by atomic mass is 19.1. The Morgan fingerprint density at radius 3 is 2.79 bits per heavy atom. The Balaban J connectivity index is 1.83. The summed E-state index contributed by atoms with van der Waals surface area (Å²) < 4.78 is 27.7. The molecule has 1 heterocycles. The van der Waals surface area contributed by atoms with E-state index in [1.54, 1.807) is 0 Å². The number of rotatable bonds is 1. The first-order valence-electron chi connectivity index (χ1n) is 7.93. The van der Waals surface area contributed by atoms with E-state index in [1.165, 1.54) is 17.5 Å². The first-order valence-corrected chi connectivity index (χ1v) is 7.93. The molecule has 2 aromatic carbocycles. The number of hydrogen-bond donors (Lipinski definition) is 0. The molecule has 1 atom stereocenters. The summed E-state index contributed by atoms with van der Waals surface area (Å²) in [6.07, 6.45) is 1.97. The third kappa shape index (κ3) is 2.08. The molecule has 0 fully saturated rings. The maximum absolute atomic E-state index is 14.2. The molecule has 2 aromatic rings. The SMILES string of the molecule is CC(=O)N1N=C(c2cc(F)ccc2F)CC12CCc1ccccc12. The number of amides is 1. The second-order valence-corrected chi connectivity index (χ2v) is 6.37. The van der Waals surface area contributed by atoms with Crippen LogP contribution >= 0.6 is 0 Å². The molecule has 1 spiro atoms. The summed E-state index contributed by atoms with van der Waals surface area (Å²) in [7, 11) is 0. The topological polar surface area (TPSA) is 32.7 Å². The smallest absolute Gasteiger partial charge is 0.240 e. The quantitative estimate of drug-likeness (QED) is 0.785. The molecule has 0 bridgehead atoms. The third-order valence-corrected chi connectivity index (χ3v) is 4.95. The molecule has 0 saturated carbocycles. The van der Waals surface area contributed by atoms with Gasteiger partial charge in [-0.3, -0.25) is 4.79 Å². The molecule has 122 valence electrons. The Morgan fingerprint density at radius 2 is 2.00 bits per heavy atom. The fraction of sp³-hybridized carbons (Fsp3) is 0.263. The summed E-state index contributed by atoms with van der Waals surface area (Å²) >= 11 is 0. The van der Waals surface area contributed by atoms with Crippen LogP contribution in [0.5, 0.6) is 0 Å². The first-order chi connectivity index (χ1) is 11.5. The van der Waals surface area contributed by atoms with Crippen molar-refractivity contribution in [1.29, 1.82) is 0 Å². The number of halogens is 2. The highest BCUT2D eigenvalue weighted by molar-refractivity contribution is 6.04. The molecule has 5 heteroatoms. The van der Waals surface area contributed by atoms with Gasteiger partial charge in [0.15, 0.2) is 0 Å². The minimum atomic E-state index is -0.587. The number of benzene rings is 2. The molecule has 0 N–H and O–H groups in total. The van der Waals surface area contributed by atoms with Crippen LogP contribution in [0.15, 0.2) is 47.6 Å². The molecule has 24 heavy (non-hydrogen) atoms. The van der Waals surface area contributed by atoms with Crippen molar-refractivity contribution in [3.8, 4) is 0 Å². The van der Waals surface area contributed by atoms with Crippen LogP contribution in [0.2, 0.25) is 0 Å². The second kappa shape index (κ2) is 5.23. The minimum absolute atomic E-state index is 0.127. The van der Waals surface area contributed by atoms with Crippen LogP contribution < -0.4 is 0 Å². The number of aryl methyl sites for hydroxylation is 1. The van der Waals surface area contributed by atoms with Crippen molar-refractivity contribution in [1.82, 2.24) is 5.01 Å². The molecule has 1 aliphatic heterocycles. The molecule has 0 radical (unpaired) electrons. The van der Waals surface area contributed by atoms with Crippen molar-refractivity contribution < 1.29 is 13.6 Å². The summed E-state index contributed by atoms with van der Waals surface area (Å²) in [6, 6.07) is 11.3. The van der Waals surface area contributed by atoms with Crippen molar-refractivity contribution in [3.05, 3.63) is 70.8 Å². The average Bonchev–Trinajstić information content (AvgIpc) is 3.13. The van der Waals surface area contributed by atoms with E-state index in [9.17, 15) is 13.6 Å². The van der Waals surface area contributed by atoms with Crippen molar-refractivity contribution in [2.75, 3.05) is 0 Å². The standard InChI is InChI=1S/C19H16F2N2O/c1-12(24)23-19(9-8-13-4-2-3-5-16(13)19)11-18(22-23)15-10-14(20)6-7-17(15)21/h2-7,10H,8-9,11H2,1H3. The monoisotopic (exact) mass is 326 g/mol. The van der Waals surface area contributed by atoms with Crippen LogP contribution in [0.3, 0.4) is 0 Å². The van der Waals surface area contributed by atoms with Gasteiger partial charge in [0.2, 0.25) is 5.91 Å². The molecule has 1 aliphatic carbocycles.